The van der Waals surface area contributed by atoms with Gasteiger partial charge < -0.3 is 20.5 Å². The molecule has 0 heterocycles. The lowest BCUT2D eigenvalue weighted by molar-refractivity contribution is 0.236. The van der Waals surface area contributed by atoms with Crippen LogP contribution in [-0.4, -0.2) is 37.4 Å². The monoisotopic (exact) mass is 266 g/mol. The van der Waals surface area contributed by atoms with Crippen LogP contribution in [-0.2, 0) is 0 Å². The number of benzene rings is 1. The standard InChI is InChI=1S/C14H22N2O3/c17-11-6-2-5-9-15-14(18)16-10-12-19-13-7-3-1-4-8-13/h1,3-4,7-8,17H,2,5-6,9-12H2,(H2,15,16,18). The fraction of sp³-hybridized carbons (Fsp3) is 0.500. The minimum atomic E-state index is -0.180. The number of unbranched alkanes of at least 4 members (excludes halogenated alkanes) is 2. The first-order chi connectivity index (χ1) is 9.33. The predicted molar refractivity (Wildman–Crippen MR) is 74.3 cm³/mol. The molecule has 0 saturated heterocycles. The van der Waals surface area contributed by atoms with Crippen LogP contribution < -0.4 is 15.4 Å². The van der Waals surface area contributed by atoms with Gasteiger partial charge in [0.25, 0.3) is 0 Å². The number of nitrogens with one attached hydrogen (secondary N) is 2. The molecule has 0 atom stereocenters. The van der Waals surface area contributed by atoms with Crippen molar-refractivity contribution in [1.82, 2.24) is 10.6 Å². The van der Waals surface area contributed by atoms with Gasteiger partial charge in [-0.2, -0.15) is 0 Å². The SMILES string of the molecule is O=C(NCCCCCO)NCCOc1ccccc1. The van der Waals surface area contributed by atoms with Crippen molar-refractivity contribution in [2.45, 2.75) is 19.3 Å². The molecule has 0 aliphatic heterocycles. The number of urea groups is 1. The zero-order chi connectivity index (χ0) is 13.8. The number of ether oxygens (including phenoxy) is 1. The van der Waals surface area contributed by atoms with Crippen molar-refractivity contribution in [2.24, 2.45) is 0 Å². The maximum absolute atomic E-state index is 11.4. The van der Waals surface area contributed by atoms with Crippen LogP contribution in [0.25, 0.3) is 0 Å². The number of aliphatic hydroxyl groups excluding tert-OH is 1. The molecule has 3 N–H and O–H groups in total. The number of hydrogen-bond donors (Lipinski definition) is 3. The lowest BCUT2D eigenvalue weighted by Crippen LogP contribution is -2.38. The molecule has 2 amide bonds. The van der Waals surface area contributed by atoms with Gasteiger partial charge in [-0.3, -0.25) is 0 Å². The molecular weight excluding hydrogens is 244 g/mol. The van der Waals surface area contributed by atoms with Crippen molar-refractivity contribution in [2.75, 3.05) is 26.3 Å². The van der Waals surface area contributed by atoms with Gasteiger partial charge in [-0.1, -0.05) is 18.2 Å². The summed E-state index contributed by atoms with van der Waals surface area (Å²) in [6.45, 7) is 1.76. The van der Waals surface area contributed by atoms with E-state index < -0.39 is 0 Å². The van der Waals surface area contributed by atoms with Crippen molar-refractivity contribution in [1.29, 1.82) is 0 Å². The number of amides is 2. The third kappa shape index (κ3) is 8.05. The number of carbonyl (C=O) groups is 1. The summed E-state index contributed by atoms with van der Waals surface area (Å²) in [6, 6.07) is 9.31. The van der Waals surface area contributed by atoms with E-state index in [1.807, 2.05) is 30.3 Å². The van der Waals surface area contributed by atoms with Gasteiger partial charge in [0.15, 0.2) is 0 Å². The molecule has 5 nitrogen and oxygen atoms in total. The summed E-state index contributed by atoms with van der Waals surface area (Å²) < 4.78 is 5.44. The van der Waals surface area contributed by atoms with Crippen LogP contribution in [0.15, 0.2) is 30.3 Å². The highest BCUT2D eigenvalue weighted by Gasteiger charge is 1.98. The Morgan fingerprint density at radius 2 is 1.79 bits per heavy atom. The van der Waals surface area contributed by atoms with Crippen LogP contribution in [0.1, 0.15) is 19.3 Å². The molecule has 0 aliphatic rings. The molecule has 0 saturated carbocycles. The zero-order valence-electron chi connectivity index (χ0n) is 11.1. The number of aliphatic hydroxyl groups is 1. The Bertz CT molecular complexity index is 344. The third-order valence-corrected chi connectivity index (χ3v) is 2.52. The smallest absolute Gasteiger partial charge is 0.314 e. The first-order valence-electron chi connectivity index (χ1n) is 6.63. The molecule has 0 aliphatic carbocycles. The molecular formula is C14H22N2O3. The van der Waals surface area contributed by atoms with E-state index in [1.54, 1.807) is 0 Å². The van der Waals surface area contributed by atoms with Crippen molar-refractivity contribution in [3.05, 3.63) is 30.3 Å². The summed E-state index contributed by atoms with van der Waals surface area (Å²) in [4.78, 5) is 11.4. The van der Waals surface area contributed by atoms with Gasteiger partial charge in [0.1, 0.15) is 12.4 Å². The maximum Gasteiger partial charge on any atom is 0.314 e. The number of hydrogen-bond acceptors (Lipinski definition) is 3. The second-order valence-corrected chi connectivity index (χ2v) is 4.13. The molecule has 5 heteroatoms. The minimum Gasteiger partial charge on any atom is -0.492 e. The van der Waals surface area contributed by atoms with Crippen LogP contribution in [0.3, 0.4) is 0 Å². The van der Waals surface area contributed by atoms with E-state index in [4.69, 9.17) is 9.84 Å². The summed E-state index contributed by atoms with van der Waals surface area (Å²) in [7, 11) is 0. The van der Waals surface area contributed by atoms with Crippen molar-refractivity contribution in [3.8, 4) is 5.75 Å². The van der Waals surface area contributed by atoms with E-state index in [2.05, 4.69) is 10.6 Å². The number of rotatable bonds is 9. The highest BCUT2D eigenvalue weighted by Crippen LogP contribution is 2.07. The van der Waals surface area contributed by atoms with Crippen LogP contribution in [0.4, 0.5) is 4.79 Å². The second-order valence-electron chi connectivity index (χ2n) is 4.13. The minimum absolute atomic E-state index is 0.180. The predicted octanol–water partition coefficient (Wildman–Crippen LogP) is 1.53. The Morgan fingerprint density at radius 3 is 2.53 bits per heavy atom. The van der Waals surface area contributed by atoms with Gasteiger partial charge in [0, 0.05) is 13.2 Å². The molecule has 106 valence electrons. The quantitative estimate of drug-likeness (QED) is 0.594. The maximum atomic E-state index is 11.4. The number of para-hydroxylation sites is 1. The van der Waals surface area contributed by atoms with Gasteiger partial charge in [0.2, 0.25) is 0 Å². The summed E-state index contributed by atoms with van der Waals surface area (Å²) >= 11 is 0. The van der Waals surface area contributed by atoms with Gasteiger partial charge in [-0.05, 0) is 31.4 Å². The summed E-state index contributed by atoms with van der Waals surface area (Å²) in [5.74, 6) is 0.800. The molecule has 19 heavy (non-hydrogen) atoms. The topological polar surface area (TPSA) is 70.6 Å². The molecule has 0 bridgehead atoms. The third-order valence-electron chi connectivity index (χ3n) is 2.52. The van der Waals surface area contributed by atoms with Crippen LogP contribution in [0.2, 0.25) is 0 Å². The van der Waals surface area contributed by atoms with Crippen LogP contribution in [0, 0.1) is 0 Å². The van der Waals surface area contributed by atoms with Crippen molar-refractivity contribution >= 4 is 6.03 Å². The molecule has 1 aromatic carbocycles. The number of carbonyl (C=O) groups excluding carboxylic acids is 1. The average Bonchev–Trinajstić information content (AvgIpc) is 2.44. The molecule has 0 unspecified atom stereocenters. The molecule has 0 spiro atoms. The Balaban J connectivity index is 1.95. The summed E-state index contributed by atoms with van der Waals surface area (Å²) in [5.41, 5.74) is 0. The molecule has 1 rings (SSSR count). The van der Waals surface area contributed by atoms with E-state index in [-0.39, 0.29) is 12.6 Å². The van der Waals surface area contributed by atoms with E-state index >= 15 is 0 Å². The Morgan fingerprint density at radius 1 is 1.05 bits per heavy atom. The van der Waals surface area contributed by atoms with E-state index in [0.717, 1.165) is 25.0 Å². The van der Waals surface area contributed by atoms with Gasteiger partial charge >= 0.3 is 6.03 Å². The van der Waals surface area contributed by atoms with Crippen LogP contribution >= 0.6 is 0 Å². The highest BCUT2D eigenvalue weighted by molar-refractivity contribution is 5.73. The lowest BCUT2D eigenvalue weighted by Gasteiger charge is -2.08. The zero-order valence-corrected chi connectivity index (χ0v) is 11.1. The van der Waals surface area contributed by atoms with E-state index in [1.165, 1.54) is 0 Å². The lowest BCUT2D eigenvalue weighted by atomic mass is 10.2. The van der Waals surface area contributed by atoms with E-state index in [9.17, 15) is 4.79 Å². The average molecular weight is 266 g/mol. The molecule has 0 fully saturated rings. The Labute approximate surface area is 114 Å². The normalized spacial score (nSPS) is 9.95. The Kier molecular flexibility index (Phi) is 8.22. The summed E-state index contributed by atoms with van der Waals surface area (Å²) in [6.07, 6.45) is 2.59. The highest BCUT2D eigenvalue weighted by atomic mass is 16.5. The van der Waals surface area contributed by atoms with Gasteiger partial charge in [0.05, 0.1) is 6.54 Å². The van der Waals surface area contributed by atoms with Gasteiger partial charge in [-0.25, -0.2) is 4.79 Å². The second kappa shape index (κ2) is 10.2. The van der Waals surface area contributed by atoms with Crippen molar-refractivity contribution < 1.29 is 14.6 Å². The van der Waals surface area contributed by atoms with Gasteiger partial charge in [-0.15, -0.1) is 0 Å². The van der Waals surface area contributed by atoms with E-state index in [0.29, 0.717) is 19.7 Å². The van der Waals surface area contributed by atoms with Crippen LogP contribution in [0.5, 0.6) is 5.75 Å². The molecule has 0 radical (unpaired) electrons. The fourth-order valence-electron chi connectivity index (χ4n) is 1.53. The largest absolute Gasteiger partial charge is 0.492 e. The fourth-order valence-corrected chi connectivity index (χ4v) is 1.53. The van der Waals surface area contributed by atoms with Crippen molar-refractivity contribution in [3.63, 3.8) is 0 Å². The molecule has 0 aromatic heterocycles. The Hall–Kier alpha value is -1.75. The molecule has 1 aromatic rings. The first kappa shape index (κ1) is 15.3. The first-order valence-corrected chi connectivity index (χ1v) is 6.63. The summed E-state index contributed by atoms with van der Waals surface area (Å²) in [5, 5.41) is 14.1.